The SMILES string of the molecule is Cc1cccc2c1N(CC(=O)N1CC3CCC(CC3)C1)C(=O)[C@@H](NC(=O)OCc1ccccc1)N=C2C1CC1. The molecule has 0 aromatic heterocycles. The molecule has 3 aliphatic heterocycles. The van der Waals surface area contributed by atoms with E-state index in [1.165, 1.54) is 25.7 Å². The first-order valence-electron chi connectivity index (χ1n) is 14.2. The maximum absolute atomic E-state index is 14.1. The monoisotopic (exact) mass is 528 g/mol. The van der Waals surface area contributed by atoms with Crippen LogP contribution in [0.5, 0.6) is 0 Å². The van der Waals surface area contributed by atoms with E-state index >= 15 is 0 Å². The van der Waals surface area contributed by atoms with Crippen molar-refractivity contribution in [1.82, 2.24) is 10.2 Å². The van der Waals surface area contributed by atoms with E-state index in [-0.39, 0.29) is 25.0 Å². The molecule has 2 aromatic rings. The zero-order valence-electron chi connectivity index (χ0n) is 22.5. The van der Waals surface area contributed by atoms with Gasteiger partial charge >= 0.3 is 6.09 Å². The lowest BCUT2D eigenvalue weighted by Crippen LogP contribution is -2.51. The second-order valence-corrected chi connectivity index (χ2v) is 11.5. The molecule has 2 aromatic carbocycles. The number of aliphatic imine (C=N–C) groups is 1. The summed E-state index contributed by atoms with van der Waals surface area (Å²) in [5, 5.41) is 2.70. The van der Waals surface area contributed by atoms with Crippen molar-refractivity contribution >= 4 is 29.3 Å². The fourth-order valence-corrected chi connectivity index (χ4v) is 6.29. The highest BCUT2D eigenvalue weighted by molar-refractivity contribution is 6.16. The van der Waals surface area contributed by atoms with Gasteiger partial charge in [0, 0.05) is 24.6 Å². The number of carbonyl (C=O) groups excluding carboxylic acids is 3. The van der Waals surface area contributed by atoms with Crippen molar-refractivity contribution < 1.29 is 19.1 Å². The van der Waals surface area contributed by atoms with Crippen molar-refractivity contribution in [1.29, 1.82) is 0 Å². The number of carbonyl (C=O) groups is 3. The van der Waals surface area contributed by atoms with Crippen molar-refractivity contribution in [2.45, 2.75) is 58.2 Å². The van der Waals surface area contributed by atoms with Gasteiger partial charge in [0.25, 0.3) is 5.91 Å². The Bertz CT molecular complexity index is 1270. The minimum absolute atomic E-state index is 0.0448. The quantitative estimate of drug-likeness (QED) is 0.600. The molecule has 0 radical (unpaired) electrons. The molecule has 3 amide bonds. The number of fused-ring (bicyclic) bond motifs is 5. The van der Waals surface area contributed by atoms with E-state index < -0.39 is 18.2 Å². The summed E-state index contributed by atoms with van der Waals surface area (Å²) < 4.78 is 5.42. The number of aryl methyl sites for hydroxylation is 1. The topological polar surface area (TPSA) is 91.3 Å². The second kappa shape index (κ2) is 10.8. The number of anilines is 1. The largest absolute Gasteiger partial charge is 0.445 e. The molecule has 8 heteroatoms. The summed E-state index contributed by atoms with van der Waals surface area (Å²) in [7, 11) is 0. The van der Waals surface area contributed by atoms with Crippen molar-refractivity contribution in [2.75, 3.05) is 24.5 Å². The van der Waals surface area contributed by atoms with E-state index in [0.29, 0.717) is 11.8 Å². The maximum atomic E-state index is 14.1. The third-order valence-corrected chi connectivity index (χ3v) is 8.55. The van der Waals surface area contributed by atoms with Gasteiger partial charge < -0.3 is 9.64 Å². The third-order valence-electron chi connectivity index (χ3n) is 8.55. The average Bonchev–Trinajstić information content (AvgIpc) is 3.81. The second-order valence-electron chi connectivity index (χ2n) is 11.5. The Balaban J connectivity index is 1.27. The fourth-order valence-electron chi connectivity index (χ4n) is 6.29. The number of para-hydroxylation sites is 1. The number of rotatable bonds is 6. The molecule has 204 valence electrons. The number of hydrogen-bond acceptors (Lipinski definition) is 5. The summed E-state index contributed by atoms with van der Waals surface area (Å²) in [5.74, 6) is 0.862. The minimum atomic E-state index is -1.16. The molecule has 0 spiro atoms. The number of amides is 3. The van der Waals surface area contributed by atoms with Crippen LogP contribution >= 0.6 is 0 Å². The third kappa shape index (κ3) is 5.56. The zero-order valence-corrected chi connectivity index (χ0v) is 22.5. The number of ether oxygens (including phenoxy) is 1. The van der Waals surface area contributed by atoms with Gasteiger partial charge in [-0.3, -0.25) is 24.8 Å². The molecule has 0 unspecified atom stereocenters. The molecule has 39 heavy (non-hydrogen) atoms. The van der Waals surface area contributed by atoms with Gasteiger partial charge in [-0.15, -0.1) is 0 Å². The Labute approximate surface area is 229 Å². The molecule has 2 saturated heterocycles. The van der Waals surface area contributed by atoms with Crippen LogP contribution in [0.2, 0.25) is 0 Å². The fraction of sp³-hybridized carbons (Fsp3) is 0.484. The van der Waals surface area contributed by atoms with Crippen LogP contribution in [0.1, 0.15) is 55.2 Å². The van der Waals surface area contributed by atoms with Gasteiger partial charge in [-0.2, -0.15) is 0 Å². The molecule has 1 N–H and O–H groups in total. The molecule has 4 fully saturated rings. The Morgan fingerprint density at radius 3 is 2.31 bits per heavy atom. The van der Waals surface area contributed by atoms with Crippen LogP contribution in [0.4, 0.5) is 10.5 Å². The smallest absolute Gasteiger partial charge is 0.409 e. The first-order chi connectivity index (χ1) is 19.0. The lowest BCUT2D eigenvalue weighted by atomic mass is 9.84. The molecule has 1 atom stereocenters. The van der Waals surface area contributed by atoms with Gasteiger partial charge in [0.15, 0.2) is 0 Å². The number of nitrogens with zero attached hydrogens (tertiary/aromatic N) is 3. The molecular formula is C31H36N4O4. The lowest BCUT2D eigenvalue weighted by Gasteiger charge is -2.30. The van der Waals surface area contributed by atoms with Crippen molar-refractivity contribution in [2.24, 2.45) is 22.7 Å². The normalized spacial score (nSPS) is 24.4. The van der Waals surface area contributed by atoms with Gasteiger partial charge in [-0.1, -0.05) is 48.5 Å². The summed E-state index contributed by atoms with van der Waals surface area (Å²) in [6.07, 6.45) is 4.80. The van der Waals surface area contributed by atoms with Crippen LogP contribution in [0, 0.1) is 24.7 Å². The minimum Gasteiger partial charge on any atom is -0.445 e. The predicted molar refractivity (Wildman–Crippen MR) is 148 cm³/mol. The maximum Gasteiger partial charge on any atom is 0.409 e. The van der Waals surface area contributed by atoms with E-state index in [2.05, 4.69) is 5.32 Å². The van der Waals surface area contributed by atoms with Crippen LogP contribution in [0.25, 0.3) is 0 Å². The van der Waals surface area contributed by atoms with Gasteiger partial charge in [0.2, 0.25) is 12.1 Å². The van der Waals surface area contributed by atoms with Crippen LogP contribution < -0.4 is 10.2 Å². The van der Waals surface area contributed by atoms with Crippen molar-refractivity contribution in [3.8, 4) is 0 Å². The number of benzodiazepines with no additional fused rings is 1. The van der Waals surface area contributed by atoms with E-state index in [9.17, 15) is 14.4 Å². The number of nitrogens with one attached hydrogen (secondary N) is 1. The Kier molecular flexibility index (Phi) is 7.11. The molecule has 2 saturated carbocycles. The average molecular weight is 529 g/mol. The van der Waals surface area contributed by atoms with Crippen LogP contribution in [-0.4, -0.2) is 54.3 Å². The molecule has 7 rings (SSSR count). The van der Waals surface area contributed by atoms with E-state index in [4.69, 9.17) is 9.73 Å². The highest BCUT2D eigenvalue weighted by atomic mass is 16.5. The molecule has 8 nitrogen and oxygen atoms in total. The van der Waals surface area contributed by atoms with Gasteiger partial charge in [0.05, 0.1) is 11.4 Å². The standard InChI is InChI=1S/C31H36N4O4/c1-20-6-5-9-25-27(24-14-15-24)32-29(33-31(38)39-19-23-7-3-2-4-8-23)30(37)35(28(20)25)18-26(36)34-16-21-10-11-22(17-34)13-12-21/h2-9,21-22,24,29H,10-19H2,1H3,(H,33,38)/t21?,22?,29-/m1/s1. The molecule has 3 heterocycles. The summed E-state index contributed by atoms with van der Waals surface area (Å²) in [6.45, 7) is 3.50. The summed E-state index contributed by atoms with van der Waals surface area (Å²) >= 11 is 0. The van der Waals surface area contributed by atoms with Gasteiger partial charge in [-0.25, -0.2) is 4.79 Å². The highest BCUT2D eigenvalue weighted by Gasteiger charge is 2.40. The molecular weight excluding hydrogens is 492 g/mol. The number of benzene rings is 2. The van der Waals surface area contributed by atoms with E-state index in [1.807, 2.05) is 60.4 Å². The Hall–Kier alpha value is -3.68. The molecule has 2 aliphatic carbocycles. The molecule has 2 bridgehead atoms. The summed E-state index contributed by atoms with van der Waals surface area (Å²) in [4.78, 5) is 48.9. The predicted octanol–water partition coefficient (Wildman–Crippen LogP) is 4.44. The van der Waals surface area contributed by atoms with E-state index in [0.717, 1.165) is 54.0 Å². The summed E-state index contributed by atoms with van der Waals surface area (Å²) in [6, 6.07) is 15.3. The molecule has 5 aliphatic rings. The van der Waals surface area contributed by atoms with Crippen molar-refractivity contribution in [3.05, 3.63) is 65.2 Å². The van der Waals surface area contributed by atoms with Crippen LogP contribution in [-0.2, 0) is 20.9 Å². The van der Waals surface area contributed by atoms with Gasteiger partial charge in [-0.05, 0) is 68.4 Å². The lowest BCUT2D eigenvalue weighted by molar-refractivity contribution is -0.132. The highest BCUT2D eigenvalue weighted by Crippen LogP contribution is 2.40. The first kappa shape index (κ1) is 25.6. The van der Waals surface area contributed by atoms with Crippen LogP contribution in [0.15, 0.2) is 53.5 Å². The van der Waals surface area contributed by atoms with Crippen molar-refractivity contribution in [3.63, 3.8) is 0 Å². The zero-order chi connectivity index (χ0) is 26.9. The Morgan fingerprint density at radius 2 is 1.64 bits per heavy atom. The Morgan fingerprint density at radius 1 is 0.949 bits per heavy atom. The van der Waals surface area contributed by atoms with E-state index in [1.54, 1.807) is 4.90 Å². The number of hydrogen-bond donors (Lipinski definition) is 1. The summed E-state index contributed by atoms with van der Waals surface area (Å²) in [5.41, 5.74) is 4.17. The number of alkyl carbamates (subject to hydrolysis) is 1. The van der Waals surface area contributed by atoms with Gasteiger partial charge in [0.1, 0.15) is 13.2 Å². The first-order valence-corrected chi connectivity index (χ1v) is 14.2. The van der Waals surface area contributed by atoms with Crippen LogP contribution in [0.3, 0.4) is 0 Å².